The molecule has 188 valence electrons. The van der Waals surface area contributed by atoms with E-state index >= 15 is 0 Å². The molecule has 2 aromatic rings. The van der Waals surface area contributed by atoms with Gasteiger partial charge in [-0.15, -0.1) is 0 Å². The number of rotatable bonds is 6. The minimum absolute atomic E-state index is 0.158. The van der Waals surface area contributed by atoms with Crippen LogP contribution in [0.5, 0.6) is 0 Å². The number of carbonyl (C=O) groups excluding carboxylic acids is 2. The van der Waals surface area contributed by atoms with Gasteiger partial charge < -0.3 is 15.0 Å². The van der Waals surface area contributed by atoms with Crippen molar-refractivity contribution in [3.63, 3.8) is 0 Å². The Bertz CT molecular complexity index is 1150. The summed E-state index contributed by atoms with van der Waals surface area (Å²) in [6, 6.07) is 10.3. The Morgan fingerprint density at radius 3 is 2.17 bits per heavy atom. The molecular formula is C24H27ClFN3O5S. The summed E-state index contributed by atoms with van der Waals surface area (Å²) in [6.45, 7) is 2.12. The van der Waals surface area contributed by atoms with Crippen LogP contribution in [0, 0.1) is 11.7 Å². The van der Waals surface area contributed by atoms with E-state index in [4.69, 9.17) is 16.3 Å². The molecule has 2 aliphatic heterocycles. The fourth-order valence-electron chi connectivity index (χ4n) is 4.39. The highest BCUT2D eigenvalue weighted by molar-refractivity contribution is 7.89. The van der Waals surface area contributed by atoms with Crippen molar-refractivity contribution in [1.82, 2.24) is 14.5 Å². The minimum Gasteiger partial charge on any atom is -0.378 e. The topological polar surface area (TPSA) is 96.0 Å². The molecule has 1 atom stereocenters. The second-order valence-corrected chi connectivity index (χ2v) is 11.0. The van der Waals surface area contributed by atoms with Crippen LogP contribution in [0.1, 0.15) is 23.2 Å². The summed E-state index contributed by atoms with van der Waals surface area (Å²) in [4.78, 5) is 28.1. The zero-order chi connectivity index (χ0) is 25.0. The molecule has 8 nitrogen and oxygen atoms in total. The average Bonchev–Trinajstić information content (AvgIpc) is 2.88. The summed E-state index contributed by atoms with van der Waals surface area (Å²) in [5.41, 5.74) is 0.244. The van der Waals surface area contributed by atoms with E-state index < -0.39 is 27.8 Å². The second-order valence-electron chi connectivity index (χ2n) is 8.59. The third-order valence-corrected chi connectivity index (χ3v) is 8.57. The van der Waals surface area contributed by atoms with Gasteiger partial charge in [-0.05, 0) is 67.3 Å². The molecule has 2 aliphatic rings. The van der Waals surface area contributed by atoms with Crippen LogP contribution in [-0.4, -0.2) is 74.9 Å². The molecule has 2 saturated heterocycles. The quantitative estimate of drug-likeness (QED) is 0.628. The standard InChI is InChI=1S/C24H27ClFN3O5S/c25-19-3-7-21(8-4-19)35(32,33)29-11-9-17(10-12-29)22(24(31)28-13-15-34-16-14-28)27-23(30)18-1-5-20(26)6-2-18/h1-8,17,22H,9-16H2,(H,27,30)/t22-/m0/s1. The smallest absolute Gasteiger partial charge is 0.251 e. The van der Waals surface area contributed by atoms with Gasteiger partial charge in [0, 0.05) is 36.8 Å². The number of amides is 2. The maximum absolute atomic E-state index is 13.4. The molecule has 4 rings (SSSR count). The fourth-order valence-corrected chi connectivity index (χ4v) is 5.99. The first-order valence-electron chi connectivity index (χ1n) is 11.4. The lowest BCUT2D eigenvalue weighted by Gasteiger charge is -2.38. The summed E-state index contributed by atoms with van der Waals surface area (Å²) in [5.74, 6) is -1.42. The Balaban J connectivity index is 1.49. The van der Waals surface area contributed by atoms with Gasteiger partial charge in [0.2, 0.25) is 15.9 Å². The number of hydrogen-bond acceptors (Lipinski definition) is 5. The van der Waals surface area contributed by atoms with Crippen molar-refractivity contribution >= 4 is 33.4 Å². The van der Waals surface area contributed by atoms with E-state index in [0.717, 1.165) is 0 Å². The normalized spacial score (nSPS) is 18.7. The largest absolute Gasteiger partial charge is 0.378 e. The molecule has 0 saturated carbocycles. The molecule has 0 aromatic heterocycles. The van der Waals surface area contributed by atoms with Crippen molar-refractivity contribution in [1.29, 1.82) is 0 Å². The number of morpholine rings is 1. The Labute approximate surface area is 209 Å². The minimum atomic E-state index is -3.70. The molecule has 1 N–H and O–H groups in total. The SMILES string of the molecule is O=C(N[C@H](C(=O)N1CCOCC1)C1CCN(S(=O)(=O)c2ccc(Cl)cc2)CC1)c1ccc(F)cc1. The Hall–Kier alpha value is -2.53. The molecule has 0 aliphatic carbocycles. The van der Waals surface area contributed by atoms with Crippen molar-refractivity contribution in [2.24, 2.45) is 5.92 Å². The van der Waals surface area contributed by atoms with Crippen molar-refractivity contribution in [2.45, 2.75) is 23.8 Å². The predicted octanol–water partition coefficient (Wildman–Crippen LogP) is 2.54. The van der Waals surface area contributed by atoms with Gasteiger partial charge in [-0.3, -0.25) is 9.59 Å². The van der Waals surface area contributed by atoms with Gasteiger partial charge in [0.25, 0.3) is 5.91 Å². The highest BCUT2D eigenvalue weighted by atomic mass is 35.5. The van der Waals surface area contributed by atoms with Crippen LogP contribution >= 0.6 is 11.6 Å². The molecule has 0 radical (unpaired) electrons. The second kappa shape index (κ2) is 11.0. The summed E-state index contributed by atoms with van der Waals surface area (Å²) in [6.07, 6.45) is 0.800. The summed E-state index contributed by atoms with van der Waals surface area (Å²) in [5, 5.41) is 3.28. The molecule has 11 heteroatoms. The van der Waals surface area contributed by atoms with E-state index in [1.54, 1.807) is 4.90 Å². The molecule has 35 heavy (non-hydrogen) atoms. The lowest BCUT2D eigenvalue weighted by atomic mass is 9.89. The maximum Gasteiger partial charge on any atom is 0.251 e. The highest BCUT2D eigenvalue weighted by Gasteiger charge is 2.38. The summed E-state index contributed by atoms with van der Waals surface area (Å²) in [7, 11) is -3.70. The van der Waals surface area contributed by atoms with Crippen LogP contribution in [0.2, 0.25) is 5.02 Å². The van der Waals surface area contributed by atoms with Crippen LogP contribution in [-0.2, 0) is 19.6 Å². The first kappa shape index (κ1) is 25.6. The third-order valence-electron chi connectivity index (χ3n) is 6.40. The molecule has 2 aromatic carbocycles. The summed E-state index contributed by atoms with van der Waals surface area (Å²) >= 11 is 5.88. The predicted molar refractivity (Wildman–Crippen MR) is 128 cm³/mol. The summed E-state index contributed by atoms with van der Waals surface area (Å²) < 4.78 is 46.1. The number of benzene rings is 2. The third kappa shape index (κ3) is 6.00. The molecule has 0 spiro atoms. The number of halogens is 2. The van der Waals surface area contributed by atoms with Crippen molar-refractivity contribution in [3.8, 4) is 0 Å². The fraction of sp³-hybridized carbons (Fsp3) is 0.417. The number of hydrogen-bond donors (Lipinski definition) is 1. The zero-order valence-corrected chi connectivity index (χ0v) is 20.6. The molecule has 2 amide bonds. The van der Waals surface area contributed by atoms with Gasteiger partial charge >= 0.3 is 0 Å². The number of sulfonamides is 1. The highest BCUT2D eigenvalue weighted by Crippen LogP contribution is 2.27. The van der Waals surface area contributed by atoms with Crippen molar-refractivity contribution < 1.29 is 27.1 Å². The van der Waals surface area contributed by atoms with E-state index in [1.807, 2.05) is 0 Å². The Morgan fingerprint density at radius 1 is 0.971 bits per heavy atom. The number of ether oxygens (including phenoxy) is 1. The van der Waals surface area contributed by atoms with Crippen LogP contribution in [0.15, 0.2) is 53.4 Å². The lowest BCUT2D eigenvalue weighted by Crippen LogP contribution is -2.56. The average molecular weight is 524 g/mol. The lowest BCUT2D eigenvalue weighted by molar-refractivity contribution is -0.139. The first-order valence-corrected chi connectivity index (χ1v) is 13.3. The molecule has 2 fully saturated rings. The zero-order valence-electron chi connectivity index (χ0n) is 19.0. The van der Waals surface area contributed by atoms with E-state index in [-0.39, 0.29) is 35.4 Å². The van der Waals surface area contributed by atoms with E-state index in [9.17, 15) is 22.4 Å². The molecule has 0 unspecified atom stereocenters. The van der Waals surface area contributed by atoms with Crippen LogP contribution in [0.4, 0.5) is 4.39 Å². The van der Waals surface area contributed by atoms with Gasteiger partial charge in [-0.25, -0.2) is 12.8 Å². The van der Waals surface area contributed by atoms with E-state index in [2.05, 4.69) is 5.32 Å². The molecule has 0 bridgehead atoms. The molecule has 2 heterocycles. The van der Waals surface area contributed by atoms with Gasteiger partial charge in [-0.1, -0.05) is 11.6 Å². The monoisotopic (exact) mass is 523 g/mol. The van der Waals surface area contributed by atoms with E-state index in [0.29, 0.717) is 44.2 Å². The van der Waals surface area contributed by atoms with Gasteiger partial charge in [-0.2, -0.15) is 4.31 Å². The Morgan fingerprint density at radius 2 is 1.57 bits per heavy atom. The Kier molecular flexibility index (Phi) is 8.05. The first-order chi connectivity index (χ1) is 16.8. The maximum atomic E-state index is 13.4. The van der Waals surface area contributed by atoms with Crippen LogP contribution in [0.3, 0.4) is 0 Å². The van der Waals surface area contributed by atoms with Crippen LogP contribution < -0.4 is 5.32 Å². The van der Waals surface area contributed by atoms with Crippen molar-refractivity contribution in [2.75, 3.05) is 39.4 Å². The number of piperidine rings is 1. The van der Waals surface area contributed by atoms with E-state index in [1.165, 1.54) is 52.8 Å². The van der Waals surface area contributed by atoms with Gasteiger partial charge in [0.1, 0.15) is 11.9 Å². The van der Waals surface area contributed by atoms with Crippen molar-refractivity contribution in [3.05, 3.63) is 64.9 Å². The number of nitrogens with one attached hydrogen (secondary N) is 1. The van der Waals surface area contributed by atoms with Gasteiger partial charge in [0.05, 0.1) is 18.1 Å². The van der Waals surface area contributed by atoms with Crippen LogP contribution in [0.25, 0.3) is 0 Å². The number of nitrogens with zero attached hydrogens (tertiary/aromatic N) is 2. The number of carbonyl (C=O) groups is 2. The van der Waals surface area contributed by atoms with Gasteiger partial charge in [0.15, 0.2) is 0 Å². The molecular weight excluding hydrogens is 497 g/mol.